The van der Waals surface area contributed by atoms with E-state index in [2.05, 4.69) is 35.4 Å². The summed E-state index contributed by atoms with van der Waals surface area (Å²) in [7, 11) is 3.27. The van der Waals surface area contributed by atoms with Crippen LogP contribution in [0, 0.1) is 0 Å². The van der Waals surface area contributed by atoms with Gasteiger partial charge in [0.05, 0.1) is 13.2 Å². The van der Waals surface area contributed by atoms with Gasteiger partial charge in [0, 0.05) is 25.6 Å². The lowest BCUT2D eigenvalue weighted by molar-refractivity contribution is -0.121. The molecule has 4 aromatic carbocycles. The molecule has 0 saturated carbocycles. The number of hydrogen-bond acceptors (Lipinski definition) is 6. The van der Waals surface area contributed by atoms with Crippen LogP contribution in [0.25, 0.3) is 10.8 Å². The number of hydrogen-bond donors (Lipinski definition) is 4. The highest BCUT2D eigenvalue weighted by molar-refractivity contribution is 5.92. The number of unbranched alkanes of at least 4 members (excludes halogenated alkanes) is 4. The third-order valence-corrected chi connectivity index (χ3v) is 8.69. The molecule has 0 bridgehead atoms. The van der Waals surface area contributed by atoms with E-state index in [1.165, 1.54) is 5.56 Å². The average molecular weight is 654 g/mol. The molecule has 0 radical (unpaired) electrons. The van der Waals surface area contributed by atoms with Gasteiger partial charge in [-0.25, -0.2) is 0 Å². The van der Waals surface area contributed by atoms with Crippen LogP contribution in [0.15, 0.2) is 77.8 Å². The van der Waals surface area contributed by atoms with Crippen molar-refractivity contribution < 1.29 is 24.5 Å². The Morgan fingerprint density at radius 3 is 2.46 bits per heavy atom. The van der Waals surface area contributed by atoms with Gasteiger partial charge in [0.15, 0.2) is 17.5 Å². The number of aromatic hydroxyl groups is 1. The van der Waals surface area contributed by atoms with Gasteiger partial charge >= 0.3 is 0 Å². The van der Waals surface area contributed by atoms with Crippen molar-refractivity contribution in [2.75, 3.05) is 19.5 Å². The number of carbonyl (C=O) groups excluding carboxylic acids is 1. The van der Waals surface area contributed by atoms with E-state index in [9.17, 15) is 15.0 Å². The van der Waals surface area contributed by atoms with E-state index in [0.717, 1.165) is 78.1 Å². The number of guanidine groups is 1. The summed E-state index contributed by atoms with van der Waals surface area (Å²) < 4.78 is 11.7. The summed E-state index contributed by atoms with van der Waals surface area (Å²) in [6.07, 6.45) is 8.34. The largest absolute Gasteiger partial charge is 0.508 e. The SMILES string of the molecule is CCc1cc(O)cc2ccc(COc3cc(CCC(=O)CC(O)CCCCCCCc4cccc(NC(N)=NC)c4)ccc3OC)cc12. The van der Waals surface area contributed by atoms with E-state index < -0.39 is 6.10 Å². The number of carbonyl (C=O) groups is 1. The zero-order valence-corrected chi connectivity index (χ0v) is 28.6. The number of phenols is 1. The van der Waals surface area contributed by atoms with Gasteiger partial charge in [0.25, 0.3) is 0 Å². The predicted octanol–water partition coefficient (Wildman–Crippen LogP) is 7.89. The molecule has 8 heteroatoms. The topological polar surface area (TPSA) is 126 Å². The van der Waals surface area contributed by atoms with E-state index in [-0.39, 0.29) is 18.0 Å². The van der Waals surface area contributed by atoms with Crippen LogP contribution in [0.1, 0.15) is 80.5 Å². The van der Waals surface area contributed by atoms with Gasteiger partial charge in [-0.1, -0.05) is 62.9 Å². The third kappa shape index (κ3) is 11.3. The molecule has 0 spiro atoms. The van der Waals surface area contributed by atoms with Crippen LogP contribution in [0.3, 0.4) is 0 Å². The number of phenolic OH excluding ortho intramolecular Hbond substituents is 1. The smallest absolute Gasteiger partial charge is 0.192 e. The first-order valence-electron chi connectivity index (χ1n) is 17.1. The van der Waals surface area contributed by atoms with Crippen LogP contribution >= 0.6 is 0 Å². The first-order valence-corrected chi connectivity index (χ1v) is 17.1. The monoisotopic (exact) mass is 653 g/mol. The fourth-order valence-electron chi connectivity index (χ4n) is 6.00. The first kappa shape index (κ1) is 36.3. The number of ketones is 1. The summed E-state index contributed by atoms with van der Waals surface area (Å²) in [5.41, 5.74) is 11.1. The molecule has 0 aliphatic heterocycles. The minimum Gasteiger partial charge on any atom is -0.508 e. The number of benzene rings is 4. The van der Waals surface area contributed by atoms with Gasteiger partial charge in [-0.2, -0.15) is 0 Å². The Balaban J connectivity index is 1.15. The quantitative estimate of drug-likeness (QED) is 0.0461. The minimum atomic E-state index is -0.597. The number of fused-ring (bicyclic) bond motifs is 1. The van der Waals surface area contributed by atoms with Gasteiger partial charge in [-0.3, -0.25) is 9.79 Å². The fraction of sp³-hybridized carbons (Fsp3) is 0.400. The molecule has 0 amide bonds. The molecular formula is C40H51N3O5. The fourth-order valence-corrected chi connectivity index (χ4v) is 6.00. The van der Waals surface area contributed by atoms with Gasteiger partial charge in [-0.15, -0.1) is 0 Å². The Bertz CT molecular complexity index is 1670. The molecule has 0 fully saturated rings. The highest BCUT2D eigenvalue weighted by Crippen LogP contribution is 2.31. The summed E-state index contributed by atoms with van der Waals surface area (Å²) in [6, 6.07) is 23.7. The van der Waals surface area contributed by atoms with Crippen molar-refractivity contribution in [1.82, 2.24) is 0 Å². The lowest BCUT2D eigenvalue weighted by Crippen LogP contribution is -2.21. The van der Waals surface area contributed by atoms with Crippen LogP contribution < -0.4 is 20.5 Å². The maximum Gasteiger partial charge on any atom is 0.192 e. The number of aliphatic imine (C=N–C) groups is 1. The molecule has 0 saturated heterocycles. The molecule has 0 heterocycles. The lowest BCUT2D eigenvalue weighted by Gasteiger charge is -2.14. The number of nitrogens with two attached hydrogens (primary N) is 1. The Morgan fingerprint density at radius 1 is 0.896 bits per heavy atom. The zero-order chi connectivity index (χ0) is 34.3. The van der Waals surface area contributed by atoms with Gasteiger partial charge in [0.1, 0.15) is 18.1 Å². The van der Waals surface area contributed by atoms with E-state index in [1.54, 1.807) is 20.2 Å². The van der Waals surface area contributed by atoms with Gasteiger partial charge in [-0.05, 0) is 108 Å². The number of aliphatic hydroxyl groups excluding tert-OH is 1. The van der Waals surface area contributed by atoms with Crippen LogP contribution in [0.5, 0.6) is 17.2 Å². The number of Topliss-reactive ketones (excluding diaryl/α,β-unsaturated/α-hetero) is 1. The number of aliphatic hydroxyl groups is 1. The van der Waals surface area contributed by atoms with Crippen LogP contribution in [0.4, 0.5) is 5.69 Å². The molecule has 0 aromatic heterocycles. The van der Waals surface area contributed by atoms with E-state index in [4.69, 9.17) is 15.2 Å². The van der Waals surface area contributed by atoms with Crippen molar-refractivity contribution in [3.05, 3.63) is 95.1 Å². The maximum absolute atomic E-state index is 12.7. The van der Waals surface area contributed by atoms with Crippen molar-refractivity contribution in [3.63, 3.8) is 0 Å². The molecule has 4 aromatic rings. The minimum absolute atomic E-state index is 0.0680. The standard InChI is InChI=1S/C40H51N3O5/c1-4-31-24-36(46)25-32-18-15-30(22-37(31)32)27-48-39-23-29(17-20-38(39)47-3)16-19-35(45)26-34(44)14-9-7-5-6-8-11-28-12-10-13-33(21-28)43-40(41)42-2/h10,12-13,15,17-18,20-25,34,44,46H,4-9,11,14,16,19,26-27H2,1-3H3,(H3,41,42,43). The molecule has 1 atom stereocenters. The molecule has 0 aliphatic carbocycles. The van der Waals surface area contributed by atoms with Crippen molar-refractivity contribution in [2.24, 2.45) is 10.7 Å². The normalized spacial score (nSPS) is 12.2. The highest BCUT2D eigenvalue weighted by Gasteiger charge is 2.13. The van der Waals surface area contributed by atoms with Crippen molar-refractivity contribution in [3.8, 4) is 17.2 Å². The number of rotatable bonds is 19. The average Bonchev–Trinajstić information content (AvgIpc) is 3.09. The van der Waals surface area contributed by atoms with Gasteiger partial charge < -0.3 is 30.7 Å². The second-order valence-corrected chi connectivity index (χ2v) is 12.4. The summed E-state index contributed by atoms with van der Waals surface area (Å²) in [5.74, 6) is 2.00. The summed E-state index contributed by atoms with van der Waals surface area (Å²) in [6.45, 7) is 2.44. The second-order valence-electron chi connectivity index (χ2n) is 12.4. The Morgan fingerprint density at radius 2 is 1.67 bits per heavy atom. The number of aryl methyl sites for hydroxylation is 3. The number of nitrogens with one attached hydrogen (secondary N) is 1. The van der Waals surface area contributed by atoms with Crippen molar-refractivity contribution in [2.45, 2.75) is 90.3 Å². The Labute approximate surface area is 285 Å². The second kappa shape index (κ2) is 18.7. The summed E-state index contributed by atoms with van der Waals surface area (Å²) in [4.78, 5) is 16.6. The zero-order valence-electron chi connectivity index (χ0n) is 28.6. The van der Waals surface area contributed by atoms with E-state index in [0.29, 0.717) is 43.3 Å². The lowest BCUT2D eigenvalue weighted by atomic mass is 10.00. The molecular weight excluding hydrogens is 602 g/mol. The molecule has 1 unspecified atom stereocenters. The van der Waals surface area contributed by atoms with Crippen LogP contribution in [0.2, 0.25) is 0 Å². The maximum atomic E-state index is 12.7. The molecule has 4 rings (SSSR count). The number of anilines is 1. The van der Waals surface area contributed by atoms with Crippen LogP contribution in [-0.4, -0.2) is 42.2 Å². The highest BCUT2D eigenvalue weighted by atomic mass is 16.5. The predicted molar refractivity (Wildman–Crippen MR) is 195 cm³/mol. The van der Waals surface area contributed by atoms with E-state index in [1.807, 2.05) is 48.5 Å². The molecule has 256 valence electrons. The van der Waals surface area contributed by atoms with Crippen LogP contribution in [-0.2, 0) is 30.7 Å². The van der Waals surface area contributed by atoms with Crippen molar-refractivity contribution >= 4 is 28.2 Å². The molecule has 8 nitrogen and oxygen atoms in total. The molecule has 48 heavy (non-hydrogen) atoms. The summed E-state index contributed by atoms with van der Waals surface area (Å²) in [5, 5.41) is 25.7. The number of ether oxygens (including phenoxy) is 2. The molecule has 5 N–H and O–H groups in total. The Kier molecular flexibility index (Phi) is 14.1. The number of methoxy groups -OCH3 is 1. The van der Waals surface area contributed by atoms with Gasteiger partial charge in [0.2, 0.25) is 0 Å². The summed E-state index contributed by atoms with van der Waals surface area (Å²) >= 11 is 0. The van der Waals surface area contributed by atoms with Crippen molar-refractivity contribution in [1.29, 1.82) is 0 Å². The van der Waals surface area contributed by atoms with E-state index >= 15 is 0 Å². The first-order chi connectivity index (χ1) is 23.3. The molecule has 0 aliphatic rings. The third-order valence-electron chi connectivity index (χ3n) is 8.69. The number of nitrogens with zero attached hydrogens (tertiary/aromatic N) is 1. The Hall–Kier alpha value is -4.56.